The summed E-state index contributed by atoms with van der Waals surface area (Å²) >= 11 is 0. The van der Waals surface area contributed by atoms with E-state index < -0.39 is 0 Å². The zero-order chi connectivity index (χ0) is 15.3. The van der Waals surface area contributed by atoms with Crippen LogP contribution in [0.1, 0.15) is 11.6 Å². The van der Waals surface area contributed by atoms with Gasteiger partial charge in [-0.15, -0.1) is 24.0 Å². The highest BCUT2D eigenvalue weighted by Crippen LogP contribution is 2.19. The Bertz CT molecular complexity index is 433. The molecule has 0 heterocycles. The van der Waals surface area contributed by atoms with Gasteiger partial charge in [0.15, 0.2) is 5.96 Å². The number of hydrogen-bond donors (Lipinski definition) is 0. The van der Waals surface area contributed by atoms with E-state index >= 15 is 0 Å². The van der Waals surface area contributed by atoms with Gasteiger partial charge in [-0.2, -0.15) is 0 Å². The predicted molar refractivity (Wildman–Crippen MR) is 97.9 cm³/mol. The summed E-state index contributed by atoms with van der Waals surface area (Å²) in [5.74, 6) is 0.705. The average Bonchev–Trinajstić information content (AvgIpc) is 2.34. The minimum Gasteiger partial charge on any atom is -0.349 e. The molecule has 0 aromatic heterocycles. The van der Waals surface area contributed by atoms with Crippen LogP contribution in [0.25, 0.3) is 0 Å². The van der Waals surface area contributed by atoms with E-state index in [1.165, 1.54) is 12.1 Å². The fourth-order valence-electron chi connectivity index (χ4n) is 2.10. The largest absolute Gasteiger partial charge is 0.349 e. The van der Waals surface area contributed by atoms with E-state index in [-0.39, 0.29) is 35.8 Å². The van der Waals surface area contributed by atoms with Crippen LogP contribution in [-0.4, -0.2) is 69.5 Å². The molecule has 0 aliphatic rings. The standard InChI is InChI=1S/C15H25FN4.HI/c1-18(2)14(12-7-9-13(16)10-8-12)11-17-15(19(3)4)20(5)6;/h7-10,14H,11H2,1-6H3;1H. The molecule has 0 aliphatic carbocycles. The molecule has 0 bridgehead atoms. The van der Waals surface area contributed by atoms with Crippen LogP contribution in [0.4, 0.5) is 4.39 Å². The predicted octanol–water partition coefficient (Wildman–Crippen LogP) is 2.53. The molecule has 1 unspecified atom stereocenters. The molecule has 0 saturated carbocycles. The van der Waals surface area contributed by atoms with Gasteiger partial charge in [0.1, 0.15) is 5.82 Å². The van der Waals surface area contributed by atoms with Crippen LogP contribution in [0.3, 0.4) is 0 Å². The molecule has 1 rings (SSSR count). The molecule has 0 radical (unpaired) electrons. The van der Waals surface area contributed by atoms with E-state index in [0.29, 0.717) is 6.54 Å². The summed E-state index contributed by atoms with van der Waals surface area (Å²) in [7, 11) is 11.9. The SMILES string of the molecule is CN(C)C(=NCC(c1ccc(F)cc1)N(C)C)N(C)C.I. The van der Waals surface area contributed by atoms with E-state index in [4.69, 9.17) is 0 Å². The van der Waals surface area contributed by atoms with Crippen molar-refractivity contribution in [1.82, 2.24) is 14.7 Å². The fraction of sp³-hybridized carbons (Fsp3) is 0.533. The summed E-state index contributed by atoms with van der Waals surface area (Å²) in [6.45, 7) is 0.629. The zero-order valence-corrected chi connectivity index (χ0v) is 16.0. The quantitative estimate of drug-likeness (QED) is 0.434. The second-order valence-electron chi connectivity index (χ2n) is 5.46. The van der Waals surface area contributed by atoms with Crippen LogP contribution in [0.5, 0.6) is 0 Å². The average molecular weight is 408 g/mol. The van der Waals surface area contributed by atoms with E-state index in [1.54, 1.807) is 0 Å². The van der Waals surface area contributed by atoms with E-state index in [1.807, 2.05) is 64.2 Å². The lowest BCUT2D eigenvalue weighted by atomic mass is 10.1. The summed E-state index contributed by atoms with van der Waals surface area (Å²) in [6.07, 6.45) is 0. The first-order valence-electron chi connectivity index (χ1n) is 6.64. The highest BCUT2D eigenvalue weighted by molar-refractivity contribution is 14.0. The topological polar surface area (TPSA) is 22.1 Å². The van der Waals surface area contributed by atoms with E-state index in [2.05, 4.69) is 9.89 Å². The van der Waals surface area contributed by atoms with Crippen LogP contribution in [0.2, 0.25) is 0 Å². The summed E-state index contributed by atoms with van der Waals surface area (Å²) in [4.78, 5) is 10.7. The molecule has 0 aliphatic heterocycles. The molecule has 0 fully saturated rings. The second kappa shape index (κ2) is 9.19. The highest BCUT2D eigenvalue weighted by Gasteiger charge is 2.15. The number of aliphatic imine (C=N–C) groups is 1. The minimum absolute atomic E-state index is 0. The Morgan fingerprint density at radius 2 is 1.48 bits per heavy atom. The third-order valence-electron chi connectivity index (χ3n) is 3.08. The normalized spacial score (nSPS) is 11.6. The van der Waals surface area contributed by atoms with Crippen LogP contribution >= 0.6 is 24.0 Å². The Kier molecular flexibility index (Phi) is 8.80. The van der Waals surface area contributed by atoms with Crippen LogP contribution in [-0.2, 0) is 0 Å². The van der Waals surface area contributed by atoms with Gasteiger partial charge in [-0.25, -0.2) is 4.39 Å². The van der Waals surface area contributed by atoms with Gasteiger partial charge >= 0.3 is 0 Å². The smallest absolute Gasteiger partial charge is 0.195 e. The molecule has 0 N–H and O–H groups in total. The molecule has 1 aromatic rings. The molecule has 0 saturated heterocycles. The Labute approximate surface area is 144 Å². The number of benzene rings is 1. The maximum atomic E-state index is 13.0. The van der Waals surface area contributed by atoms with Crippen molar-refractivity contribution in [2.45, 2.75) is 6.04 Å². The first kappa shape index (κ1) is 20.1. The Morgan fingerprint density at radius 1 is 1.00 bits per heavy atom. The molecule has 6 heteroatoms. The van der Waals surface area contributed by atoms with Crippen molar-refractivity contribution in [1.29, 1.82) is 0 Å². The maximum absolute atomic E-state index is 13.0. The Hall–Kier alpha value is -0.890. The number of nitrogens with zero attached hydrogens (tertiary/aromatic N) is 4. The van der Waals surface area contributed by atoms with Gasteiger partial charge in [-0.05, 0) is 31.8 Å². The summed E-state index contributed by atoms with van der Waals surface area (Å²) in [6, 6.07) is 6.76. The van der Waals surface area contributed by atoms with Crippen molar-refractivity contribution in [3.63, 3.8) is 0 Å². The molecular weight excluding hydrogens is 382 g/mol. The molecular formula is C15H26FIN4. The summed E-state index contributed by atoms with van der Waals surface area (Å²) in [5.41, 5.74) is 1.07. The third-order valence-corrected chi connectivity index (χ3v) is 3.08. The second-order valence-corrected chi connectivity index (χ2v) is 5.46. The first-order valence-corrected chi connectivity index (χ1v) is 6.64. The van der Waals surface area contributed by atoms with Crippen molar-refractivity contribution in [3.8, 4) is 0 Å². The van der Waals surface area contributed by atoms with Gasteiger partial charge in [0.05, 0.1) is 12.6 Å². The van der Waals surface area contributed by atoms with Gasteiger partial charge in [0, 0.05) is 28.2 Å². The van der Waals surface area contributed by atoms with Gasteiger partial charge < -0.3 is 14.7 Å². The summed E-state index contributed by atoms with van der Waals surface area (Å²) < 4.78 is 13.0. The van der Waals surface area contributed by atoms with Gasteiger partial charge in [-0.3, -0.25) is 4.99 Å². The van der Waals surface area contributed by atoms with Crippen LogP contribution < -0.4 is 0 Å². The van der Waals surface area contributed by atoms with Crippen LogP contribution in [0, 0.1) is 5.82 Å². The van der Waals surface area contributed by atoms with Crippen molar-refractivity contribution in [2.75, 3.05) is 48.8 Å². The molecule has 1 aromatic carbocycles. The Morgan fingerprint density at radius 3 is 1.86 bits per heavy atom. The molecule has 1 atom stereocenters. The summed E-state index contributed by atoms with van der Waals surface area (Å²) in [5, 5.41) is 0. The third kappa shape index (κ3) is 6.17. The lowest BCUT2D eigenvalue weighted by Crippen LogP contribution is -2.36. The molecule has 120 valence electrons. The molecule has 21 heavy (non-hydrogen) atoms. The van der Waals surface area contributed by atoms with Gasteiger partial charge in [0.25, 0.3) is 0 Å². The maximum Gasteiger partial charge on any atom is 0.195 e. The van der Waals surface area contributed by atoms with Crippen molar-refractivity contribution < 1.29 is 4.39 Å². The zero-order valence-electron chi connectivity index (χ0n) is 13.7. The van der Waals surface area contributed by atoms with Crippen molar-refractivity contribution in [2.24, 2.45) is 4.99 Å². The minimum atomic E-state index is -0.211. The molecule has 0 amide bonds. The fourth-order valence-corrected chi connectivity index (χ4v) is 2.10. The number of guanidine groups is 1. The van der Waals surface area contributed by atoms with E-state index in [9.17, 15) is 4.39 Å². The number of halogens is 2. The molecule has 4 nitrogen and oxygen atoms in total. The van der Waals surface area contributed by atoms with Gasteiger partial charge in [0.2, 0.25) is 0 Å². The number of rotatable bonds is 4. The highest BCUT2D eigenvalue weighted by atomic mass is 127. The molecule has 0 spiro atoms. The monoisotopic (exact) mass is 408 g/mol. The lowest BCUT2D eigenvalue weighted by molar-refractivity contribution is 0.304. The van der Waals surface area contributed by atoms with Crippen molar-refractivity contribution in [3.05, 3.63) is 35.6 Å². The van der Waals surface area contributed by atoms with E-state index in [0.717, 1.165) is 11.5 Å². The van der Waals surface area contributed by atoms with Crippen molar-refractivity contribution >= 4 is 29.9 Å². The van der Waals surface area contributed by atoms with Gasteiger partial charge in [-0.1, -0.05) is 12.1 Å². The Balaban J connectivity index is 0.00000400. The number of hydrogen-bond acceptors (Lipinski definition) is 2. The lowest BCUT2D eigenvalue weighted by Gasteiger charge is -2.26. The van der Waals surface area contributed by atoms with Crippen LogP contribution in [0.15, 0.2) is 29.3 Å². The first-order chi connectivity index (χ1) is 9.32. The number of likely N-dealkylation sites (N-methyl/N-ethyl adjacent to an activating group) is 1.